The minimum atomic E-state index is -0.139. The second kappa shape index (κ2) is 8.41. The summed E-state index contributed by atoms with van der Waals surface area (Å²) in [7, 11) is 0. The maximum Gasteiger partial charge on any atom is 0.237 e. The first-order valence-electron chi connectivity index (χ1n) is 8.92. The number of benzene rings is 2. The molecule has 4 nitrogen and oxygen atoms in total. The van der Waals surface area contributed by atoms with Crippen LogP contribution in [0.25, 0.3) is 0 Å². The number of hydrogen-bond donors (Lipinski definition) is 1. The van der Waals surface area contributed by atoms with Crippen molar-refractivity contribution in [2.24, 2.45) is 0 Å². The molecule has 2 aromatic rings. The van der Waals surface area contributed by atoms with Crippen LogP contribution in [0.3, 0.4) is 0 Å². The summed E-state index contributed by atoms with van der Waals surface area (Å²) in [5.41, 5.74) is 4.10. The van der Waals surface area contributed by atoms with Crippen LogP contribution < -0.4 is 10.2 Å². The van der Waals surface area contributed by atoms with Crippen molar-refractivity contribution in [1.29, 1.82) is 0 Å². The van der Waals surface area contributed by atoms with Gasteiger partial charge in [-0.25, -0.2) is 0 Å². The first-order valence-corrected chi connectivity index (χ1v) is 9.97. The van der Waals surface area contributed by atoms with E-state index in [0.717, 1.165) is 42.1 Å². The molecule has 0 aromatic heterocycles. The van der Waals surface area contributed by atoms with Crippen molar-refractivity contribution in [2.75, 3.05) is 16.8 Å². The molecule has 0 fully saturated rings. The predicted octanol–water partition coefficient (Wildman–Crippen LogP) is 4.25. The standard InChI is InChI=1S/C21H24N2O2S/c1-15(26-14-17-7-4-3-5-8-17)21(25)22-19-10-11-20-18(13-19)9-6-12-23(20)16(2)24/h3-5,7-8,10-11,13,15H,6,9,12,14H2,1-2H3,(H,22,25). The van der Waals surface area contributed by atoms with Gasteiger partial charge in [-0.05, 0) is 49.1 Å². The summed E-state index contributed by atoms with van der Waals surface area (Å²) in [6.07, 6.45) is 1.88. The number of fused-ring (bicyclic) bond motifs is 1. The minimum Gasteiger partial charge on any atom is -0.325 e. The molecule has 0 aliphatic carbocycles. The van der Waals surface area contributed by atoms with E-state index in [1.807, 2.05) is 48.2 Å². The van der Waals surface area contributed by atoms with E-state index in [1.165, 1.54) is 5.56 Å². The molecule has 0 saturated carbocycles. The van der Waals surface area contributed by atoms with Crippen LogP contribution in [0.2, 0.25) is 0 Å². The molecule has 0 bridgehead atoms. The lowest BCUT2D eigenvalue weighted by atomic mass is 10.0. The number of anilines is 2. The van der Waals surface area contributed by atoms with Gasteiger partial charge in [-0.15, -0.1) is 11.8 Å². The Bertz CT molecular complexity index is 792. The molecule has 2 amide bonds. The van der Waals surface area contributed by atoms with E-state index in [9.17, 15) is 9.59 Å². The molecular formula is C21H24N2O2S. The average Bonchev–Trinajstić information content (AvgIpc) is 2.66. The fourth-order valence-electron chi connectivity index (χ4n) is 3.12. The van der Waals surface area contributed by atoms with E-state index in [4.69, 9.17) is 0 Å². The summed E-state index contributed by atoms with van der Waals surface area (Å²) in [5.74, 6) is 0.881. The van der Waals surface area contributed by atoms with Crippen LogP contribution in [0.5, 0.6) is 0 Å². The molecule has 3 rings (SSSR count). The highest BCUT2D eigenvalue weighted by molar-refractivity contribution is 7.99. The van der Waals surface area contributed by atoms with Crippen LogP contribution in [-0.2, 0) is 21.8 Å². The number of aryl methyl sites for hydroxylation is 1. The zero-order chi connectivity index (χ0) is 18.5. The summed E-state index contributed by atoms with van der Waals surface area (Å²) in [6, 6.07) is 16.0. The molecule has 2 aromatic carbocycles. The summed E-state index contributed by atoms with van der Waals surface area (Å²) in [4.78, 5) is 26.0. The second-order valence-electron chi connectivity index (χ2n) is 6.55. The monoisotopic (exact) mass is 368 g/mol. The van der Waals surface area contributed by atoms with Crippen molar-refractivity contribution in [3.63, 3.8) is 0 Å². The van der Waals surface area contributed by atoms with Crippen molar-refractivity contribution in [3.05, 3.63) is 59.7 Å². The van der Waals surface area contributed by atoms with E-state index in [-0.39, 0.29) is 17.1 Å². The second-order valence-corrected chi connectivity index (χ2v) is 7.87. The third-order valence-electron chi connectivity index (χ3n) is 4.56. The Morgan fingerprint density at radius 2 is 1.96 bits per heavy atom. The van der Waals surface area contributed by atoms with Crippen molar-refractivity contribution < 1.29 is 9.59 Å². The zero-order valence-corrected chi connectivity index (χ0v) is 16.0. The quantitative estimate of drug-likeness (QED) is 0.858. The van der Waals surface area contributed by atoms with Crippen molar-refractivity contribution in [2.45, 2.75) is 37.7 Å². The van der Waals surface area contributed by atoms with Gasteiger partial charge in [0.05, 0.1) is 5.25 Å². The van der Waals surface area contributed by atoms with Crippen LogP contribution in [0.15, 0.2) is 48.5 Å². The third kappa shape index (κ3) is 4.47. The highest BCUT2D eigenvalue weighted by Gasteiger charge is 2.21. The fourth-order valence-corrected chi connectivity index (χ4v) is 3.96. The van der Waals surface area contributed by atoms with Crippen LogP contribution in [-0.4, -0.2) is 23.6 Å². The first kappa shape index (κ1) is 18.5. The van der Waals surface area contributed by atoms with E-state index in [0.29, 0.717) is 0 Å². The van der Waals surface area contributed by atoms with Gasteiger partial charge in [-0.3, -0.25) is 9.59 Å². The lowest BCUT2D eigenvalue weighted by molar-refractivity contribution is -0.117. The number of carbonyl (C=O) groups is 2. The van der Waals surface area contributed by atoms with E-state index in [2.05, 4.69) is 17.4 Å². The number of hydrogen-bond acceptors (Lipinski definition) is 3. The zero-order valence-electron chi connectivity index (χ0n) is 15.2. The highest BCUT2D eigenvalue weighted by atomic mass is 32.2. The first-order chi connectivity index (χ1) is 12.5. The Balaban J connectivity index is 1.61. The number of nitrogens with zero attached hydrogens (tertiary/aromatic N) is 1. The van der Waals surface area contributed by atoms with E-state index in [1.54, 1.807) is 18.7 Å². The van der Waals surface area contributed by atoms with Gasteiger partial charge in [0.25, 0.3) is 0 Å². The third-order valence-corrected chi connectivity index (χ3v) is 5.77. The van der Waals surface area contributed by atoms with Gasteiger partial charge in [-0.1, -0.05) is 30.3 Å². The number of amides is 2. The topological polar surface area (TPSA) is 49.4 Å². The highest BCUT2D eigenvalue weighted by Crippen LogP contribution is 2.30. The van der Waals surface area contributed by atoms with Gasteiger partial charge < -0.3 is 10.2 Å². The lowest BCUT2D eigenvalue weighted by Crippen LogP contribution is -2.33. The van der Waals surface area contributed by atoms with Gasteiger partial charge in [0.15, 0.2) is 0 Å². The normalized spacial score (nSPS) is 14.5. The SMILES string of the molecule is CC(=O)N1CCCc2cc(NC(=O)C(C)SCc3ccccc3)ccc21. The Labute approximate surface area is 159 Å². The maximum absolute atomic E-state index is 12.5. The molecule has 0 radical (unpaired) electrons. The van der Waals surface area contributed by atoms with Crippen molar-refractivity contribution >= 4 is 35.0 Å². The molecule has 1 aliphatic heterocycles. The van der Waals surface area contributed by atoms with E-state index >= 15 is 0 Å². The Kier molecular flexibility index (Phi) is 5.99. The van der Waals surface area contributed by atoms with Gasteiger partial charge >= 0.3 is 0 Å². The number of carbonyl (C=O) groups excluding carboxylic acids is 2. The molecule has 1 unspecified atom stereocenters. The van der Waals surface area contributed by atoms with Gasteiger partial charge in [-0.2, -0.15) is 0 Å². The molecule has 1 atom stereocenters. The summed E-state index contributed by atoms with van der Waals surface area (Å²) < 4.78 is 0. The summed E-state index contributed by atoms with van der Waals surface area (Å²) >= 11 is 1.63. The van der Waals surface area contributed by atoms with Crippen LogP contribution in [0, 0.1) is 0 Å². The molecule has 1 heterocycles. The molecule has 0 spiro atoms. The van der Waals surface area contributed by atoms with Gasteiger partial charge in [0.2, 0.25) is 11.8 Å². The molecule has 1 N–H and O–H groups in total. The van der Waals surface area contributed by atoms with Crippen molar-refractivity contribution in [1.82, 2.24) is 0 Å². The number of nitrogens with one attached hydrogen (secondary N) is 1. The smallest absolute Gasteiger partial charge is 0.237 e. The number of thioether (sulfide) groups is 1. The molecule has 1 aliphatic rings. The van der Waals surface area contributed by atoms with Crippen molar-refractivity contribution in [3.8, 4) is 0 Å². The predicted molar refractivity (Wildman–Crippen MR) is 109 cm³/mol. The summed E-state index contributed by atoms with van der Waals surface area (Å²) in [5, 5.41) is 2.87. The molecule has 26 heavy (non-hydrogen) atoms. The van der Waals surface area contributed by atoms with E-state index < -0.39 is 0 Å². The van der Waals surface area contributed by atoms with Crippen LogP contribution in [0.1, 0.15) is 31.4 Å². The molecule has 136 valence electrons. The van der Waals surface area contributed by atoms with Gasteiger partial charge in [0.1, 0.15) is 0 Å². The fraction of sp³-hybridized carbons (Fsp3) is 0.333. The minimum absolute atomic E-state index is 0.00474. The Hall–Kier alpha value is -2.27. The number of rotatable bonds is 5. The maximum atomic E-state index is 12.5. The molecule has 0 saturated heterocycles. The average molecular weight is 369 g/mol. The Morgan fingerprint density at radius 3 is 2.69 bits per heavy atom. The van der Waals surface area contributed by atoms with Crippen LogP contribution >= 0.6 is 11.8 Å². The molecular weight excluding hydrogens is 344 g/mol. The lowest BCUT2D eigenvalue weighted by Gasteiger charge is -2.29. The largest absolute Gasteiger partial charge is 0.325 e. The summed E-state index contributed by atoms with van der Waals surface area (Å²) in [6.45, 7) is 4.29. The Morgan fingerprint density at radius 1 is 1.19 bits per heavy atom. The van der Waals surface area contributed by atoms with Gasteiger partial charge in [0, 0.05) is 30.6 Å². The molecule has 5 heteroatoms. The van der Waals surface area contributed by atoms with Crippen LogP contribution in [0.4, 0.5) is 11.4 Å².